The predicted molar refractivity (Wildman–Crippen MR) is 148 cm³/mol. The summed E-state index contributed by atoms with van der Waals surface area (Å²) in [6, 6.07) is 10.0. The Kier molecular flexibility index (Phi) is 10.2. The summed E-state index contributed by atoms with van der Waals surface area (Å²) >= 11 is 0. The molecular weight excluding hydrogens is 531 g/mol. The number of anilines is 2. The summed E-state index contributed by atoms with van der Waals surface area (Å²) in [4.78, 5) is 19.2. The van der Waals surface area contributed by atoms with E-state index in [1.54, 1.807) is 0 Å². The molecule has 216 valence electrons. The minimum absolute atomic E-state index is 0.00744. The van der Waals surface area contributed by atoms with Gasteiger partial charge in [0.15, 0.2) is 0 Å². The number of hydrogen-bond donors (Lipinski definition) is 2. The van der Waals surface area contributed by atoms with Gasteiger partial charge < -0.3 is 16.0 Å². The Hall–Kier alpha value is -2.86. The maximum absolute atomic E-state index is 13.6. The van der Waals surface area contributed by atoms with E-state index in [1.165, 1.54) is 37.9 Å². The lowest BCUT2D eigenvalue weighted by molar-refractivity contribution is 0.0928. The first kappa shape index (κ1) is 30.7. The molecule has 12 heteroatoms. The van der Waals surface area contributed by atoms with Gasteiger partial charge in [0.25, 0.3) is 12.3 Å². The van der Waals surface area contributed by atoms with Crippen LogP contribution in [0.4, 0.5) is 24.8 Å². The van der Waals surface area contributed by atoms with Crippen molar-refractivity contribution in [2.75, 3.05) is 36.0 Å². The second-order valence-electron chi connectivity index (χ2n) is 10.5. The minimum Gasteiger partial charge on any atom is -0.351 e. The molecule has 1 aromatic heterocycles. The van der Waals surface area contributed by atoms with Crippen LogP contribution in [0.2, 0.25) is 0 Å². The molecule has 4 atom stereocenters. The van der Waals surface area contributed by atoms with Gasteiger partial charge in [0.2, 0.25) is 10.0 Å². The standard InChI is InChI=1S/C27H38F3N5O3S/c1-17(2)39(37,38)34(4)25-12-20(13-26(33-25)35(16-24(29)30)15-21-10-18(21)3)27(36)32-23(22(31)14-28)11-19-8-6-5-7-9-19/h5-9,12-13,17-18,21-24H,10-11,14-16,31H2,1-4H3,(H,32,36)/t18?,21?,22?,23-/m0/s1. The number of nitrogens with two attached hydrogens (primary N) is 1. The summed E-state index contributed by atoms with van der Waals surface area (Å²) in [7, 11) is -2.53. The molecule has 3 unspecified atom stereocenters. The van der Waals surface area contributed by atoms with Crippen molar-refractivity contribution in [2.24, 2.45) is 17.6 Å². The largest absolute Gasteiger partial charge is 0.351 e. The summed E-state index contributed by atoms with van der Waals surface area (Å²) in [6.45, 7) is 3.85. The van der Waals surface area contributed by atoms with Crippen molar-refractivity contribution in [3.8, 4) is 0 Å². The van der Waals surface area contributed by atoms with Gasteiger partial charge in [-0.05, 0) is 56.2 Å². The predicted octanol–water partition coefficient (Wildman–Crippen LogP) is 3.62. The third-order valence-corrected chi connectivity index (χ3v) is 9.23. The van der Waals surface area contributed by atoms with Crippen LogP contribution in [-0.4, -0.2) is 69.9 Å². The van der Waals surface area contributed by atoms with Gasteiger partial charge in [-0.2, -0.15) is 0 Å². The molecule has 39 heavy (non-hydrogen) atoms. The lowest BCUT2D eigenvalue weighted by atomic mass is 10.00. The molecule has 1 heterocycles. The molecule has 1 saturated carbocycles. The molecule has 0 bridgehead atoms. The van der Waals surface area contributed by atoms with E-state index in [0.717, 1.165) is 16.3 Å². The zero-order chi connectivity index (χ0) is 28.9. The lowest BCUT2D eigenvalue weighted by Crippen LogP contribution is -2.50. The van der Waals surface area contributed by atoms with Gasteiger partial charge in [0, 0.05) is 19.2 Å². The Morgan fingerprint density at radius 3 is 2.33 bits per heavy atom. The van der Waals surface area contributed by atoms with Crippen molar-refractivity contribution in [1.29, 1.82) is 0 Å². The number of sulfonamides is 1. The minimum atomic E-state index is -3.84. The highest BCUT2D eigenvalue weighted by Crippen LogP contribution is 2.39. The Morgan fingerprint density at radius 2 is 1.79 bits per heavy atom. The van der Waals surface area contributed by atoms with Gasteiger partial charge in [0.1, 0.15) is 18.3 Å². The van der Waals surface area contributed by atoms with E-state index in [-0.39, 0.29) is 29.5 Å². The number of amides is 1. The summed E-state index contributed by atoms with van der Waals surface area (Å²) in [5, 5.41) is 1.98. The molecular formula is C27H38F3N5O3S. The summed E-state index contributed by atoms with van der Waals surface area (Å²) < 4.78 is 67.5. The number of hydrogen-bond acceptors (Lipinski definition) is 6. The van der Waals surface area contributed by atoms with Crippen LogP contribution in [0.25, 0.3) is 0 Å². The lowest BCUT2D eigenvalue weighted by Gasteiger charge is -2.28. The molecule has 1 amide bonds. The van der Waals surface area contributed by atoms with E-state index in [0.29, 0.717) is 12.5 Å². The van der Waals surface area contributed by atoms with Crippen molar-refractivity contribution in [3.05, 3.63) is 53.6 Å². The number of alkyl halides is 3. The number of benzene rings is 1. The van der Waals surface area contributed by atoms with Crippen LogP contribution in [0.1, 0.15) is 43.1 Å². The van der Waals surface area contributed by atoms with Gasteiger partial charge in [-0.1, -0.05) is 37.3 Å². The molecule has 0 radical (unpaired) electrons. The first-order chi connectivity index (χ1) is 18.3. The van der Waals surface area contributed by atoms with Crippen molar-refractivity contribution >= 4 is 27.6 Å². The highest BCUT2D eigenvalue weighted by Gasteiger charge is 2.35. The number of halogens is 3. The fraction of sp³-hybridized carbons (Fsp3) is 0.556. The van der Waals surface area contributed by atoms with Crippen LogP contribution in [-0.2, 0) is 16.4 Å². The molecule has 8 nitrogen and oxygen atoms in total. The van der Waals surface area contributed by atoms with E-state index in [2.05, 4.69) is 10.3 Å². The number of nitrogens with zero attached hydrogens (tertiary/aromatic N) is 3. The Labute approximate surface area is 228 Å². The van der Waals surface area contributed by atoms with E-state index >= 15 is 0 Å². The number of rotatable bonds is 14. The van der Waals surface area contributed by atoms with Crippen LogP contribution < -0.4 is 20.3 Å². The fourth-order valence-corrected chi connectivity index (χ4v) is 5.29. The highest BCUT2D eigenvalue weighted by atomic mass is 32.2. The summed E-state index contributed by atoms with van der Waals surface area (Å²) in [5.41, 5.74) is 6.83. The molecule has 3 N–H and O–H groups in total. The smallest absolute Gasteiger partial charge is 0.255 e. The van der Waals surface area contributed by atoms with Crippen LogP contribution in [0.15, 0.2) is 42.5 Å². The first-order valence-electron chi connectivity index (χ1n) is 13.0. The summed E-state index contributed by atoms with van der Waals surface area (Å²) in [6.07, 6.45) is -1.52. The van der Waals surface area contributed by atoms with Gasteiger partial charge >= 0.3 is 0 Å². The number of carbonyl (C=O) groups excluding carboxylic acids is 1. The van der Waals surface area contributed by atoms with Crippen LogP contribution in [0.5, 0.6) is 0 Å². The molecule has 0 aliphatic heterocycles. The quantitative estimate of drug-likeness (QED) is 0.360. The third kappa shape index (κ3) is 8.07. The second kappa shape index (κ2) is 13.0. The van der Waals surface area contributed by atoms with Gasteiger partial charge in [0.05, 0.1) is 23.9 Å². The maximum atomic E-state index is 13.6. The topological polar surface area (TPSA) is 109 Å². The van der Waals surface area contributed by atoms with Crippen LogP contribution >= 0.6 is 0 Å². The Morgan fingerprint density at radius 1 is 1.18 bits per heavy atom. The zero-order valence-corrected chi connectivity index (χ0v) is 23.5. The van der Waals surface area contributed by atoms with Crippen molar-refractivity contribution in [1.82, 2.24) is 10.3 Å². The Bertz CT molecular complexity index is 1220. The third-order valence-electron chi connectivity index (χ3n) is 7.08. The molecule has 2 aromatic rings. The van der Waals surface area contributed by atoms with E-state index in [9.17, 15) is 26.4 Å². The van der Waals surface area contributed by atoms with Crippen LogP contribution in [0.3, 0.4) is 0 Å². The van der Waals surface area contributed by atoms with E-state index in [4.69, 9.17) is 5.73 Å². The number of aromatic nitrogens is 1. The van der Waals surface area contributed by atoms with Crippen LogP contribution in [0, 0.1) is 11.8 Å². The molecule has 1 aromatic carbocycles. The highest BCUT2D eigenvalue weighted by molar-refractivity contribution is 7.93. The Balaban J connectivity index is 2.01. The second-order valence-corrected chi connectivity index (χ2v) is 13.0. The SMILES string of the molecule is CC1CC1CN(CC(F)F)c1cc(C(=O)N[C@@H](Cc2ccccc2)C(N)CF)cc(N(C)S(=O)(=O)C(C)C)n1. The molecule has 1 aliphatic carbocycles. The maximum Gasteiger partial charge on any atom is 0.255 e. The van der Waals surface area contributed by atoms with Gasteiger partial charge in [-0.3, -0.25) is 9.10 Å². The van der Waals surface area contributed by atoms with Gasteiger partial charge in [-0.25, -0.2) is 26.6 Å². The average Bonchev–Trinajstić information content (AvgIpc) is 3.60. The van der Waals surface area contributed by atoms with Gasteiger partial charge in [-0.15, -0.1) is 0 Å². The molecule has 1 aliphatic rings. The molecule has 0 spiro atoms. The monoisotopic (exact) mass is 569 g/mol. The number of pyridine rings is 1. The van der Waals surface area contributed by atoms with Crippen molar-refractivity contribution in [3.63, 3.8) is 0 Å². The molecule has 1 fully saturated rings. The number of carbonyl (C=O) groups is 1. The zero-order valence-electron chi connectivity index (χ0n) is 22.7. The van der Waals surface area contributed by atoms with Crippen molar-refractivity contribution in [2.45, 2.75) is 57.4 Å². The van der Waals surface area contributed by atoms with E-state index < -0.39 is 52.9 Å². The first-order valence-corrected chi connectivity index (χ1v) is 14.5. The fourth-order valence-electron chi connectivity index (χ4n) is 4.30. The van der Waals surface area contributed by atoms with Crippen molar-refractivity contribution < 1.29 is 26.4 Å². The molecule has 3 rings (SSSR count). The molecule has 0 saturated heterocycles. The average molecular weight is 570 g/mol. The normalized spacial score (nSPS) is 18.6. The number of nitrogens with one attached hydrogen (secondary N) is 1. The van der Waals surface area contributed by atoms with E-state index in [1.807, 2.05) is 37.3 Å². The summed E-state index contributed by atoms with van der Waals surface area (Å²) in [5.74, 6) is -0.0829.